The zero-order valence-electron chi connectivity index (χ0n) is 16.4. The lowest BCUT2D eigenvalue weighted by molar-refractivity contribution is 0.101. The van der Waals surface area contributed by atoms with E-state index in [1.165, 1.54) is 11.1 Å². The third-order valence-electron chi connectivity index (χ3n) is 5.30. The zero-order chi connectivity index (χ0) is 19.7. The van der Waals surface area contributed by atoms with E-state index in [-0.39, 0.29) is 17.6 Å². The Kier molecular flexibility index (Phi) is 4.81. The lowest BCUT2D eigenvalue weighted by atomic mass is 9.78. The van der Waals surface area contributed by atoms with E-state index in [1.807, 2.05) is 24.3 Å². The second-order valence-corrected chi connectivity index (χ2v) is 7.83. The van der Waals surface area contributed by atoms with Gasteiger partial charge in [0.1, 0.15) is 17.6 Å². The van der Waals surface area contributed by atoms with Gasteiger partial charge in [0.25, 0.3) is 0 Å². The van der Waals surface area contributed by atoms with Gasteiger partial charge >= 0.3 is 6.08 Å². The van der Waals surface area contributed by atoms with Crippen LogP contribution in [0.3, 0.4) is 0 Å². The van der Waals surface area contributed by atoms with E-state index in [1.54, 1.807) is 6.92 Å². The van der Waals surface area contributed by atoms with Crippen molar-refractivity contribution in [3.8, 4) is 17.6 Å². The topological polar surface area (TPSA) is 83.4 Å². The highest BCUT2D eigenvalue weighted by molar-refractivity contribution is 5.42. The number of ether oxygens (including phenoxy) is 2. The van der Waals surface area contributed by atoms with Crippen molar-refractivity contribution in [1.82, 2.24) is 10.2 Å². The number of aryl methyl sites for hydroxylation is 1. The number of aromatic nitrogens is 2. The number of nitrogens with zero attached hydrogens (tertiary/aromatic N) is 2. The van der Waals surface area contributed by atoms with Crippen LogP contribution >= 0.6 is 0 Å². The largest absolute Gasteiger partial charge is 0.490 e. The molecule has 1 fully saturated rings. The predicted octanol–water partition coefficient (Wildman–Crippen LogP) is 4.36. The molecule has 1 aromatic heterocycles. The first-order chi connectivity index (χ1) is 13.4. The third kappa shape index (κ3) is 3.87. The van der Waals surface area contributed by atoms with Crippen LogP contribution in [0.1, 0.15) is 43.7 Å². The van der Waals surface area contributed by atoms with Crippen LogP contribution in [0, 0.1) is 6.92 Å². The van der Waals surface area contributed by atoms with Gasteiger partial charge in [0.2, 0.25) is 5.89 Å². The van der Waals surface area contributed by atoms with Crippen molar-refractivity contribution >= 4 is 0 Å². The highest BCUT2D eigenvalue weighted by Crippen LogP contribution is 2.34. The third-order valence-corrected chi connectivity index (χ3v) is 5.30. The van der Waals surface area contributed by atoms with E-state index in [0.29, 0.717) is 17.7 Å². The number of rotatable bonds is 6. The van der Waals surface area contributed by atoms with E-state index < -0.39 is 0 Å². The molecule has 0 radical (unpaired) electrons. The summed E-state index contributed by atoms with van der Waals surface area (Å²) in [6.07, 6.45) is 2.27. The maximum Gasteiger partial charge on any atom is 0.420 e. The minimum Gasteiger partial charge on any atom is -0.490 e. The summed E-state index contributed by atoms with van der Waals surface area (Å²) in [5.41, 5.74) is 8.06. The molecule has 4 rings (SSSR count). The highest BCUT2D eigenvalue weighted by Gasteiger charge is 2.28. The predicted molar refractivity (Wildman–Crippen MR) is 106 cm³/mol. The molecule has 2 aromatic carbocycles. The van der Waals surface area contributed by atoms with Crippen molar-refractivity contribution in [2.24, 2.45) is 5.73 Å². The van der Waals surface area contributed by atoms with Gasteiger partial charge in [0, 0.05) is 18.4 Å². The van der Waals surface area contributed by atoms with Crippen molar-refractivity contribution in [1.29, 1.82) is 0 Å². The Balaban J connectivity index is 1.44. The zero-order valence-corrected chi connectivity index (χ0v) is 16.4. The van der Waals surface area contributed by atoms with E-state index >= 15 is 0 Å². The molecule has 3 aromatic rings. The molecule has 0 amide bonds. The maximum absolute atomic E-state index is 5.95. The summed E-state index contributed by atoms with van der Waals surface area (Å²) < 4.78 is 16.8. The molecule has 1 saturated carbocycles. The lowest BCUT2D eigenvalue weighted by Gasteiger charge is -2.33. The molecule has 1 aliphatic carbocycles. The first-order valence-electron chi connectivity index (χ1n) is 9.51. The van der Waals surface area contributed by atoms with Gasteiger partial charge in [-0.15, -0.1) is 5.10 Å². The highest BCUT2D eigenvalue weighted by atomic mass is 16.6. The quantitative estimate of drug-likeness (QED) is 0.685. The summed E-state index contributed by atoms with van der Waals surface area (Å²) in [5, 5.41) is 7.60. The van der Waals surface area contributed by atoms with Gasteiger partial charge in [0.05, 0.1) is 0 Å². The summed E-state index contributed by atoms with van der Waals surface area (Å²) in [5.74, 6) is 2.03. The summed E-state index contributed by atoms with van der Waals surface area (Å²) in [6.45, 7) is 6.12. The SMILES string of the molecule is Cc1nnc(Oc2ccc(C(C)(C)c3ccc(O[C@H]4C[C@H](N)C4)cc3)cc2)o1. The fourth-order valence-electron chi connectivity index (χ4n) is 3.37. The molecule has 0 aliphatic heterocycles. The summed E-state index contributed by atoms with van der Waals surface area (Å²) in [7, 11) is 0. The standard InChI is InChI=1S/C22H25N3O3/c1-14-24-25-21(26-14)28-19-10-6-16(7-11-19)22(2,3)15-4-8-18(9-5-15)27-20-12-17(23)13-20/h4-11,17,20H,12-13,23H2,1-3H3/t17-,20-. The van der Waals surface area contributed by atoms with Crippen molar-refractivity contribution in [3.63, 3.8) is 0 Å². The van der Waals surface area contributed by atoms with Crippen LogP contribution in [0.25, 0.3) is 0 Å². The van der Waals surface area contributed by atoms with E-state index in [4.69, 9.17) is 19.6 Å². The molecule has 0 unspecified atom stereocenters. The van der Waals surface area contributed by atoms with Gasteiger partial charge in [-0.1, -0.05) is 43.2 Å². The van der Waals surface area contributed by atoms with Crippen molar-refractivity contribution in [2.75, 3.05) is 0 Å². The van der Waals surface area contributed by atoms with Gasteiger partial charge in [-0.3, -0.25) is 0 Å². The monoisotopic (exact) mass is 379 g/mol. The molecule has 0 saturated heterocycles. The average Bonchev–Trinajstić information content (AvgIpc) is 3.06. The Morgan fingerprint density at radius 1 is 0.929 bits per heavy atom. The maximum atomic E-state index is 5.95. The summed E-state index contributed by atoms with van der Waals surface area (Å²) >= 11 is 0. The van der Waals surface area contributed by atoms with Gasteiger partial charge in [-0.25, -0.2) is 0 Å². The van der Waals surface area contributed by atoms with Gasteiger partial charge in [0.15, 0.2) is 0 Å². The second kappa shape index (κ2) is 7.28. The Bertz CT molecular complexity index is 926. The van der Waals surface area contributed by atoms with Crippen molar-refractivity contribution in [3.05, 3.63) is 65.5 Å². The molecule has 6 nitrogen and oxygen atoms in total. The molecule has 0 spiro atoms. The lowest BCUT2D eigenvalue weighted by Crippen LogP contribution is -2.43. The Labute approximate surface area is 164 Å². The molecule has 0 bridgehead atoms. The van der Waals surface area contributed by atoms with E-state index in [2.05, 4.69) is 48.3 Å². The van der Waals surface area contributed by atoms with Crippen LogP contribution in [0.15, 0.2) is 52.9 Å². The van der Waals surface area contributed by atoms with Gasteiger partial charge in [-0.2, -0.15) is 0 Å². The van der Waals surface area contributed by atoms with E-state index in [9.17, 15) is 0 Å². The average molecular weight is 379 g/mol. The molecule has 28 heavy (non-hydrogen) atoms. The summed E-state index contributed by atoms with van der Waals surface area (Å²) in [6, 6.07) is 16.5. The van der Waals surface area contributed by atoms with Crippen LogP contribution in [-0.4, -0.2) is 22.3 Å². The smallest absolute Gasteiger partial charge is 0.420 e. The van der Waals surface area contributed by atoms with Crippen LogP contribution in [0.5, 0.6) is 17.6 Å². The Hall–Kier alpha value is -2.86. The molecule has 0 atom stereocenters. The minimum atomic E-state index is -0.156. The van der Waals surface area contributed by atoms with Crippen LogP contribution < -0.4 is 15.2 Å². The first-order valence-corrected chi connectivity index (χ1v) is 9.51. The first kappa shape index (κ1) is 18.5. The summed E-state index contributed by atoms with van der Waals surface area (Å²) in [4.78, 5) is 0. The number of nitrogens with two attached hydrogens (primary N) is 1. The Morgan fingerprint density at radius 2 is 1.50 bits per heavy atom. The number of benzene rings is 2. The normalized spacial score (nSPS) is 19.1. The molecule has 1 aliphatic rings. The Morgan fingerprint density at radius 3 is 2.00 bits per heavy atom. The van der Waals surface area contributed by atoms with Gasteiger partial charge < -0.3 is 19.6 Å². The van der Waals surface area contributed by atoms with Crippen molar-refractivity contribution < 1.29 is 13.9 Å². The minimum absolute atomic E-state index is 0.146. The fraction of sp³-hybridized carbons (Fsp3) is 0.364. The van der Waals surface area contributed by atoms with Crippen LogP contribution in [0.2, 0.25) is 0 Å². The van der Waals surface area contributed by atoms with Crippen molar-refractivity contribution in [2.45, 2.75) is 51.2 Å². The molecule has 146 valence electrons. The number of hydrogen-bond acceptors (Lipinski definition) is 6. The van der Waals surface area contributed by atoms with Crippen LogP contribution in [0.4, 0.5) is 0 Å². The molecule has 1 heterocycles. The second-order valence-electron chi connectivity index (χ2n) is 7.83. The molecule has 2 N–H and O–H groups in total. The van der Waals surface area contributed by atoms with Gasteiger partial charge in [-0.05, 0) is 48.2 Å². The molecule has 6 heteroatoms. The van der Waals surface area contributed by atoms with E-state index in [0.717, 1.165) is 18.6 Å². The molecular weight excluding hydrogens is 354 g/mol. The fourth-order valence-corrected chi connectivity index (χ4v) is 3.37. The molecular formula is C22H25N3O3. The number of hydrogen-bond donors (Lipinski definition) is 1. The van der Waals surface area contributed by atoms with Crippen LogP contribution in [-0.2, 0) is 5.41 Å².